The first-order valence-corrected chi connectivity index (χ1v) is 6.21. The second-order valence-electron chi connectivity index (χ2n) is 3.76. The van der Waals surface area contributed by atoms with Crippen LogP contribution in [-0.4, -0.2) is 11.5 Å². The van der Waals surface area contributed by atoms with Crippen LogP contribution in [-0.2, 0) is 12.6 Å². The van der Waals surface area contributed by atoms with Gasteiger partial charge in [0.25, 0.3) is 0 Å². The molecule has 0 aliphatic heterocycles. The monoisotopic (exact) mass is 272 g/mol. The molecule has 0 saturated carbocycles. The van der Waals surface area contributed by atoms with Crippen molar-refractivity contribution in [1.29, 1.82) is 0 Å². The highest BCUT2D eigenvalue weighted by Crippen LogP contribution is 2.33. The Kier molecular flexibility index (Phi) is 3.68. The smallest absolute Gasteiger partial charge is 0.330 e. The molecule has 1 aromatic heterocycles. The van der Waals surface area contributed by atoms with Crippen LogP contribution in [0.15, 0.2) is 29.6 Å². The van der Waals surface area contributed by atoms with Crippen LogP contribution in [0.25, 0.3) is 10.6 Å². The van der Waals surface area contributed by atoms with E-state index in [1.54, 1.807) is 6.07 Å². The molecule has 0 atom stereocenters. The van der Waals surface area contributed by atoms with Gasteiger partial charge < -0.3 is 5.73 Å². The van der Waals surface area contributed by atoms with Crippen molar-refractivity contribution in [2.75, 3.05) is 6.54 Å². The molecule has 0 amide bonds. The summed E-state index contributed by atoms with van der Waals surface area (Å²) in [4.78, 5) is 4.26. The van der Waals surface area contributed by atoms with Crippen LogP contribution in [0.4, 0.5) is 13.2 Å². The quantitative estimate of drug-likeness (QED) is 0.930. The Balaban J connectivity index is 2.32. The molecule has 0 aliphatic carbocycles. The van der Waals surface area contributed by atoms with Gasteiger partial charge in [-0.05, 0) is 18.7 Å². The summed E-state index contributed by atoms with van der Waals surface area (Å²) in [7, 11) is 0. The zero-order valence-corrected chi connectivity index (χ0v) is 10.2. The van der Waals surface area contributed by atoms with Gasteiger partial charge in [0.15, 0.2) is 0 Å². The molecule has 1 heterocycles. The Morgan fingerprint density at radius 2 is 2.06 bits per heavy atom. The average molecular weight is 272 g/mol. The van der Waals surface area contributed by atoms with E-state index in [2.05, 4.69) is 4.98 Å². The van der Waals surface area contributed by atoms with Gasteiger partial charge in [-0.25, -0.2) is 4.98 Å². The van der Waals surface area contributed by atoms with E-state index in [9.17, 15) is 13.2 Å². The molecule has 0 saturated heterocycles. The Morgan fingerprint density at radius 1 is 1.28 bits per heavy atom. The van der Waals surface area contributed by atoms with Crippen LogP contribution in [0.3, 0.4) is 0 Å². The number of aromatic nitrogens is 1. The fraction of sp³-hybridized carbons (Fsp3) is 0.250. The van der Waals surface area contributed by atoms with Gasteiger partial charge in [0.2, 0.25) is 0 Å². The summed E-state index contributed by atoms with van der Waals surface area (Å²) >= 11 is 1.33. The molecule has 2 rings (SSSR count). The maximum Gasteiger partial charge on any atom is 0.416 e. The number of benzene rings is 1. The highest BCUT2D eigenvalue weighted by atomic mass is 32.1. The van der Waals surface area contributed by atoms with E-state index in [0.717, 1.165) is 17.8 Å². The molecule has 2 aromatic rings. The van der Waals surface area contributed by atoms with Gasteiger partial charge in [-0.2, -0.15) is 13.2 Å². The third-order valence-corrected chi connectivity index (χ3v) is 3.33. The van der Waals surface area contributed by atoms with Crippen molar-refractivity contribution in [1.82, 2.24) is 4.98 Å². The summed E-state index contributed by atoms with van der Waals surface area (Å²) in [5.74, 6) is 0. The van der Waals surface area contributed by atoms with Gasteiger partial charge in [0.1, 0.15) is 5.01 Å². The predicted octanol–water partition coefficient (Wildman–Crippen LogP) is 3.33. The minimum absolute atomic E-state index is 0.478. The van der Waals surface area contributed by atoms with E-state index < -0.39 is 11.7 Å². The molecule has 96 valence electrons. The highest BCUT2D eigenvalue weighted by molar-refractivity contribution is 7.13. The third-order valence-electron chi connectivity index (χ3n) is 2.39. The van der Waals surface area contributed by atoms with E-state index >= 15 is 0 Å². The fourth-order valence-corrected chi connectivity index (χ4v) is 2.38. The minimum atomic E-state index is -4.33. The summed E-state index contributed by atoms with van der Waals surface area (Å²) in [5, 5.41) is 2.41. The lowest BCUT2D eigenvalue weighted by atomic mass is 10.1. The summed E-state index contributed by atoms with van der Waals surface area (Å²) < 4.78 is 37.7. The van der Waals surface area contributed by atoms with Crippen molar-refractivity contribution in [3.8, 4) is 10.6 Å². The molecular weight excluding hydrogens is 261 g/mol. The van der Waals surface area contributed by atoms with Gasteiger partial charge >= 0.3 is 6.18 Å². The number of rotatable bonds is 3. The van der Waals surface area contributed by atoms with Crippen LogP contribution < -0.4 is 5.73 Å². The summed E-state index contributed by atoms with van der Waals surface area (Å²) in [6, 6.07) is 5.19. The van der Waals surface area contributed by atoms with Gasteiger partial charge in [-0.3, -0.25) is 0 Å². The Morgan fingerprint density at radius 3 is 2.72 bits per heavy atom. The van der Waals surface area contributed by atoms with E-state index in [1.807, 2.05) is 5.38 Å². The topological polar surface area (TPSA) is 38.9 Å². The lowest BCUT2D eigenvalue weighted by Gasteiger charge is -2.07. The van der Waals surface area contributed by atoms with Gasteiger partial charge in [0, 0.05) is 17.4 Å². The first-order chi connectivity index (χ1) is 8.50. The van der Waals surface area contributed by atoms with Crippen LogP contribution >= 0.6 is 11.3 Å². The number of halogens is 3. The first-order valence-electron chi connectivity index (χ1n) is 5.33. The van der Waals surface area contributed by atoms with Crippen LogP contribution in [0.1, 0.15) is 11.3 Å². The minimum Gasteiger partial charge on any atom is -0.330 e. The maximum atomic E-state index is 12.6. The van der Waals surface area contributed by atoms with Crippen LogP contribution in [0.5, 0.6) is 0 Å². The molecule has 0 spiro atoms. The molecule has 1 aromatic carbocycles. The van der Waals surface area contributed by atoms with Gasteiger partial charge in [-0.1, -0.05) is 12.1 Å². The lowest BCUT2D eigenvalue weighted by Crippen LogP contribution is -2.04. The van der Waals surface area contributed by atoms with E-state index in [0.29, 0.717) is 23.5 Å². The second kappa shape index (κ2) is 5.07. The van der Waals surface area contributed by atoms with Crippen LogP contribution in [0, 0.1) is 0 Å². The van der Waals surface area contributed by atoms with E-state index in [4.69, 9.17) is 5.73 Å². The normalized spacial score (nSPS) is 11.8. The van der Waals surface area contributed by atoms with Crippen molar-refractivity contribution >= 4 is 11.3 Å². The zero-order chi connectivity index (χ0) is 13.2. The summed E-state index contributed by atoms with van der Waals surface area (Å²) in [6.45, 7) is 0.478. The highest BCUT2D eigenvalue weighted by Gasteiger charge is 2.30. The summed E-state index contributed by atoms with van der Waals surface area (Å²) in [6.07, 6.45) is -3.69. The number of hydrogen-bond donors (Lipinski definition) is 1. The van der Waals surface area contributed by atoms with E-state index in [1.165, 1.54) is 17.4 Å². The number of hydrogen-bond acceptors (Lipinski definition) is 3. The molecule has 2 nitrogen and oxygen atoms in total. The molecule has 18 heavy (non-hydrogen) atoms. The lowest BCUT2D eigenvalue weighted by molar-refractivity contribution is -0.137. The summed E-state index contributed by atoms with van der Waals surface area (Å²) in [5.41, 5.74) is 6.05. The molecule has 0 fully saturated rings. The standard InChI is InChI=1S/C12H11F3N2S/c13-12(14,15)9-3-1-2-8(6-9)11-17-10(4-5-16)7-18-11/h1-3,6-7H,4-5,16H2. The SMILES string of the molecule is NCCc1csc(-c2cccc(C(F)(F)F)c2)n1. The van der Waals surface area contributed by atoms with E-state index in [-0.39, 0.29) is 0 Å². The average Bonchev–Trinajstić information content (AvgIpc) is 2.77. The van der Waals surface area contributed by atoms with Crippen molar-refractivity contribution < 1.29 is 13.2 Å². The number of nitrogens with zero attached hydrogens (tertiary/aromatic N) is 1. The van der Waals surface area contributed by atoms with Crippen LogP contribution in [0.2, 0.25) is 0 Å². The number of thiazole rings is 1. The van der Waals surface area contributed by atoms with Crippen molar-refractivity contribution in [2.24, 2.45) is 5.73 Å². The zero-order valence-electron chi connectivity index (χ0n) is 9.37. The molecule has 0 aliphatic rings. The molecular formula is C12H11F3N2S. The largest absolute Gasteiger partial charge is 0.416 e. The van der Waals surface area contributed by atoms with Gasteiger partial charge in [-0.15, -0.1) is 11.3 Å². The Hall–Kier alpha value is -1.40. The molecule has 6 heteroatoms. The van der Waals surface area contributed by atoms with Gasteiger partial charge in [0.05, 0.1) is 11.3 Å². The fourth-order valence-electron chi connectivity index (χ4n) is 1.53. The number of nitrogens with two attached hydrogens (primary N) is 1. The van der Waals surface area contributed by atoms with Crippen molar-refractivity contribution in [3.05, 3.63) is 40.9 Å². The Labute approximate surface area is 106 Å². The second-order valence-corrected chi connectivity index (χ2v) is 4.62. The molecule has 0 bridgehead atoms. The van der Waals surface area contributed by atoms with Crippen molar-refractivity contribution in [2.45, 2.75) is 12.6 Å². The predicted molar refractivity (Wildman–Crippen MR) is 65.3 cm³/mol. The molecule has 0 radical (unpaired) electrons. The maximum absolute atomic E-state index is 12.6. The van der Waals surface area contributed by atoms with Crippen molar-refractivity contribution in [3.63, 3.8) is 0 Å². The number of alkyl halides is 3. The molecule has 0 unspecified atom stereocenters. The molecule has 2 N–H and O–H groups in total. The first kappa shape index (κ1) is 13.0. The third kappa shape index (κ3) is 2.88. The Bertz CT molecular complexity index is 534.